The van der Waals surface area contributed by atoms with Gasteiger partial charge in [-0.05, 0) is 38.6 Å². The van der Waals surface area contributed by atoms with Crippen LogP contribution >= 0.6 is 0 Å². The average molecular weight is 141 g/mol. The van der Waals surface area contributed by atoms with Crippen molar-refractivity contribution in [1.82, 2.24) is 5.32 Å². The summed E-state index contributed by atoms with van der Waals surface area (Å²) >= 11 is 0. The Morgan fingerprint density at radius 3 is 2.70 bits per heavy atom. The molecule has 1 N–H and O–H groups in total. The Bertz CT molecular complexity index is 86.7. The second-order valence-corrected chi connectivity index (χ2v) is 3.54. The molecule has 0 aromatic carbocycles. The minimum atomic E-state index is 0.741. The van der Waals surface area contributed by atoms with Crippen LogP contribution in [0.1, 0.15) is 39.5 Å². The highest BCUT2D eigenvalue weighted by Crippen LogP contribution is 2.27. The van der Waals surface area contributed by atoms with Crippen LogP contribution in [-0.4, -0.2) is 12.6 Å². The molecule has 1 atom stereocenters. The molecule has 0 aromatic rings. The summed E-state index contributed by atoms with van der Waals surface area (Å²) in [7, 11) is 0. The fourth-order valence-corrected chi connectivity index (χ4v) is 1.22. The summed E-state index contributed by atoms with van der Waals surface area (Å²) in [5.74, 6) is 1.03. The molecule has 0 amide bonds. The molecule has 1 aliphatic rings. The molecule has 0 aromatic heterocycles. The van der Waals surface area contributed by atoms with Gasteiger partial charge in [0.05, 0.1) is 0 Å². The van der Waals surface area contributed by atoms with Crippen molar-refractivity contribution in [2.75, 3.05) is 6.54 Å². The summed E-state index contributed by atoms with van der Waals surface area (Å²) in [5.41, 5.74) is 0. The van der Waals surface area contributed by atoms with Crippen molar-refractivity contribution in [3.63, 3.8) is 0 Å². The number of hydrogen-bond donors (Lipinski definition) is 1. The maximum atomic E-state index is 3.55. The van der Waals surface area contributed by atoms with Gasteiger partial charge >= 0.3 is 0 Å². The predicted molar refractivity (Wildman–Crippen MR) is 45.1 cm³/mol. The monoisotopic (exact) mass is 141 g/mol. The van der Waals surface area contributed by atoms with E-state index in [0.717, 1.165) is 12.0 Å². The van der Waals surface area contributed by atoms with Crippen molar-refractivity contribution in [1.29, 1.82) is 0 Å². The van der Waals surface area contributed by atoms with Gasteiger partial charge in [-0.1, -0.05) is 13.3 Å². The smallest absolute Gasteiger partial charge is 0.00387 e. The summed E-state index contributed by atoms with van der Waals surface area (Å²) in [4.78, 5) is 0. The minimum Gasteiger partial charge on any atom is -0.314 e. The Hall–Kier alpha value is -0.0400. The third-order valence-corrected chi connectivity index (χ3v) is 2.17. The molecular formula is C9H19N. The van der Waals surface area contributed by atoms with Crippen molar-refractivity contribution in [2.45, 2.75) is 45.6 Å². The molecule has 0 saturated heterocycles. The topological polar surface area (TPSA) is 12.0 Å². The molecule has 0 aliphatic heterocycles. The molecule has 1 fully saturated rings. The first kappa shape index (κ1) is 8.06. The number of hydrogen-bond acceptors (Lipinski definition) is 1. The zero-order chi connectivity index (χ0) is 7.40. The minimum absolute atomic E-state index is 0.741. The van der Waals surface area contributed by atoms with E-state index >= 15 is 0 Å². The van der Waals surface area contributed by atoms with Gasteiger partial charge in [0, 0.05) is 6.04 Å². The lowest BCUT2D eigenvalue weighted by Crippen LogP contribution is -2.27. The molecule has 0 heterocycles. The standard InChI is InChI=1S/C9H19N/c1-3-4-8(2)10-7-9-5-6-9/h8-10H,3-7H2,1-2H3. The first-order valence-corrected chi connectivity index (χ1v) is 4.56. The highest BCUT2D eigenvalue weighted by molar-refractivity contribution is 4.76. The van der Waals surface area contributed by atoms with Gasteiger partial charge in [0.2, 0.25) is 0 Å². The fraction of sp³-hybridized carbons (Fsp3) is 1.00. The Labute approximate surface area is 64.2 Å². The van der Waals surface area contributed by atoms with Crippen molar-refractivity contribution in [3.8, 4) is 0 Å². The lowest BCUT2D eigenvalue weighted by molar-refractivity contribution is 0.494. The van der Waals surface area contributed by atoms with Gasteiger partial charge < -0.3 is 5.32 Å². The molecule has 60 valence electrons. The second kappa shape index (κ2) is 3.97. The van der Waals surface area contributed by atoms with Crippen LogP contribution in [0.15, 0.2) is 0 Å². The van der Waals surface area contributed by atoms with Gasteiger partial charge in [-0.3, -0.25) is 0 Å². The second-order valence-electron chi connectivity index (χ2n) is 3.54. The molecule has 0 radical (unpaired) electrons. The van der Waals surface area contributed by atoms with Gasteiger partial charge in [0.25, 0.3) is 0 Å². The zero-order valence-corrected chi connectivity index (χ0v) is 7.19. The lowest BCUT2D eigenvalue weighted by Gasteiger charge is -2.11. The first-order valence-electron chi connectivity index (χ1n) is 4.56. The molecule has 1 heteroatoms. The van der Waals surface area contributed by atoms with Crippen molar-refractivity contribution >= 4 is 0 Å². The van der Waals surface area contributed by atoms with Crippen molar-refractivity contribution < 1.29 is 0 Å². The first-order chi connectivity index (χ1) is 4.83. The van der Waals surface area contributed by atoms with E-state index in [-0.39, 0.29) is 0 Å². The highest BCUT2D eigenvalue weighted by atomic mass is 14.9. The lowest BCUT2D eigenvalue weighted by atomic mass is 10.2. The summed E-state index contributed by atoms with van der Waals surface area (Å²) in [6.07, 6.45) is 5.56. The molecule has 0 bridgehead atoms. The van der Waals surface area contributed by atoms with Crippen LogP contribution in [0, 0.1) is 5.92 Å². The Kier molecular flexibility index (Phi) is 3.20. The quantitative estimate of drug-likeness (QED) is 0.618. The Morgan fingerprint density at radius 2 is 2.20 bits per heavy atom. The zero-order valence-electron chi connectivity index (χ0n) is 7.19. The van der Waals surface area contributed by atoms with Gasteiger partial charge in [-0.15, -0.1) is 0 Å². The van der Waals surface area contributed by atoms with Gasteiger partial charge in [0.15, 0.2) is 0 Å². The van der Waals surface area contributed by atoms with Gasteiger partial charge in [-0.25, -0.2) is 0 Å². The highest BCUT2D eigenvalue weighted by Gasteiger charge is 2.20. The Morgan fingerprint density at radius 1 is 1.50 bits per heavy atom. The molecule has 1 nitrogen and oxygen atoms in total. The molecular weight excluding hydrogens is 122 g/mol. The van der Waals surface area contributed by atoms with Crippen molar-refractivity contribution in [3.05, 3.63) is 0 Å². The SMILES string of the molecule is CCCC(C)NCC1CC1. The Balaban J connectivity index is 1.89. The van der Waals surface area contributed by atoms with E-state index in [1.165, 1.54) is 32.2 Å². The number of nitrogens with one attached hydrogen (secondary N) is 1. The van der Waals surface area contributed by atoms with Crippen LogP contribution in [0.5, 0.6) is 0 Å². The van der Waals surface area contributed by atoms with Gasteiger partial charge in [-0.2, -0.15) is 0 Å². The van der Waals surface area contributed by atoms with Crippen LogP contribution in [-0.2, 0) is 0 Å². The molecule has 1 unspecified atom stereocenters. The molecule has 1 rings (SSSR count). The van der Waals surface area contributed by atoms with Crippen LogP contribution in [0.2, 0.25) is 0 Å². The van der Waals surface area contributed by atoms with E-state index in [1.807, 2.05) is 0 Å². The predicted octanol–water partition coefficient (Wildman–Crippen LogP) is 2.17. The van der Waals surface area contributed by atoms with E-state index in [1.54, 1.807) is 0 Å². The summed E-state index contributed by atoms with van der Waals surface area (Å²) in [6.45, 7) is 5.79. The van der Waals surface area contributed by atoms with E-state index in [0.29, 0.717) is 0 Å². The largest absolute Gasteiger partial charge is 0.314 e. The van der Waals surface area contributed by atoms with E-state index in [2.05, 4.69) is 19.2 Å². The third kappa shape index (κ3) is 3.21. The van der Waals surface area contributed by atoms with E-state index < -0.39 is 0 Å². The third-order valence-electron chi connectivity index (χ3n) is 2.17. The van der Waals surface area contributed by atoms with Crippen LogP contribution in [0.4, 0.5) is 0 Å². The van der Waals surface area contributed by atoms with Crippen molar-refractivity contribution in [2.24, 2.45) is 5.92 Å². The van der Waals surface area contributed by atoms with Crippen LogP contribution in [0.3, 0.4) is 0 Å². The number of rotatable bonds is 5. The summed E-state index contributed by atoms with van der Waals surface area (Å²) in [6, 6.07) is 0.741. The maximum absolute atomic E-state index is 3.55. The molecule has 1 aliphatic carbocycles. The molecule has 10 heavy (non-hydrogen) atoms. The van der Waals surface area contributed by atoms with Gasteiger partial charge in [0.1, 0.15) is 0 Å². The summed E-state index contributed by atoms with van der Waals surface area (Å²) < 4.78 is 0. The van der Waals surface area contributed by atoms with Crippen LogP contribution in [0.25, 0.3) is 0 Å². The average Bonchev–Trinajstić information content (AvgIpc) is 2.67. The maximum Gasteiger partial charge on any atom is 0.00387 e. The van der Waals surface area contributed by atoms with E-state index in [9.17, 15) is 0 Å². The van der Waals surface area contributed by atoms with E-state index in [4.69, 9.17) is 0 Å². The molecule has 0 spiro atoms. The normalized spacial score (nSPS) is 21.0. The van der Waals surface area contributed by atoms with Crippen LogP contribution < -0.4 is 5.32 Å². The fourth-order valence-electron chi connectivity index (χ4n) is 1.22. The summed E-state index contributed by atoms with van der Waals surface area (Å²) in [5, 5.41) is 3.55. The molecule has 1 saturated carbocycles.